The SMILES string of the molecule is C[C@@H]1[C@H](N(C)C)CCN1C(=O)Cn1cc([N+](=O)[O-])cn1. The Labute approximate surface area is 117 Å². The van der Waals surface area contributed by atoms with E-state index in [2.05, 4.69) is 10.00 Å². The van der Waals surface area contributed by atoms with Gasteiger partial charge in [-0.2, -0.15) is 5.10 Å². The van der Waals surface area contributed by atoms with E-state index >= 15 is 0 Å². The van der Waals surface area contributed by atoms with Crippen LogP contribution in [0.1, 0.15) is 13.3 Å². The number of nitrogens with zero attached hydrogens (tertiary/aromatic N) is 5. The number of carbonyl (C=O) groups is 1. The molecular formula is C12H19N5O3. The maximum atomic E-state index is 12.2. The van der Waals surface area contributed by atoms with E-state index in [4.69, 9.17) is 0 Å². The fourth-order valence-electron chi connectivity index (χ4n) is 2.73. The molecule has 0 radical (unpaired) electrons. The third-order valence-corrected chi connectivity index (χ3v) is 3.83. The van der Waals surface area contributed by atoms with E-state index in [9.17, 15) is 14.9 Å². The van der Waals surface area contributed by atoms with E-state index in [0.29, 0.717) is 12.6 Å². The number of aromatic nitrogens is 2. The molecule has 1 aromatic heterocycles. The Kier molecular flexibility index (Phi) is 4.03. The van der Waals surface area contributed by atoms with E-state index in [0.717, 1.165) is 12.6 Å². The van der Waals surface area contributed by atoms with Crippen molar-refractivity contribution in [1.82, 2.24) is 19.6 Å². The minimum absolute atomic E-state index is 0.0400. The second-order valence-corrected chi connectivity index (χ2v) is 5.30. The number of carbonyl (C=O) groups excluding carboxylic acids is 1. The van der Waals surface area contributed by atoms with E-state index in [1.165, 1.54) is 10.9 Å². The summed E-state index contributed by atoms with van der Waals surface area (Å²) < 4.78 is 1.32. The molecule has 0 N–H and O–H groups in total. The lowest BCUT2D eigenvalue weighted by Crippen LogP contribution is -2.43. The van der Waals surface area contributed by atoms with E-state index < -0.39 is 4.92 Å². The predicted molar refractivity (Wildman–Crippen MR) is 72.1 cm³/mol. The Morgan fingerprint density at radius 2 is 2.30 bits per heavy atom. The standard InChI is InChI=1S/C12H19N5O3/c1-9-11(14(2)3)4-5-16(9)12(18)8-15-7-10(6-13-15)17(19)20/h6-7,9,11H,4-5,8H2,1-3H3/t9-,11-/m1/s1. The van der Waals surface area contributed by atoms with Gasteiger partial charge in [0.15, 0.2) is 0 Å². The minimum atomic E-state index is -0.519. The normalized spacial score (nSPS) is 22.5. The van der Waals surface area contributed by atoms with Crippen molar-refractivity contribution < 1.29 is 9.72 Å². The summed E-state index contributed by atoms with van der Waals surface area (Å²) in [5.74, 6) is -0.0557. The maximum absolute atomic E-state index is 12.2. The van der Waals surface area contributed by atoms with Gasteiger partial charge in [0.25, 0.3) is 0 Å². The van der Waals surface area contributed by atoms with Crippen LogP contribution in [-0.2, 0) is 11.3 Å². The van der Waals surface area contributed by atoms with Crippen LogP contribution in [-0.4, -0.2) is 63.1 Å². The second kappa shape index (κ2) is 5.58. The van der Waals surface area contributed by atoms with Crippen molar-refractivity contribution in [2.45, 2.75) is 32.0 Å². The molecular weight excluding hydrogens is 262 g/mol. The molecule has 2 rings (SSSR count). The van der Waals surface area contributed by atoms with Crippen LogP contribution in [0.4, 0.5) is 5.69 Å². The van der Waals surface area contributed by atoms with Crippen LogP contribution in [0.2, 0.25) is 0 Å². The molecule has 0 unspecified atom stereocenters. The number of amides is 1. The van der Waals surface area contributed by atoms with Gasteiger partial charge in [-0.05, 0) is 27.4 Å². The van der Waals surface area contributed by atoms with Gasteiger partial charge in [-0.15, -0.1) is 0 Å². The molecule has 0 saturated carbocycles. The van der Waals surface area contributed by atoms with Crippen molar-refractivity contribution in [2.24, 2.45) is 0 Å². The van der Waals surface area contributed by atoms with Crippen LogP contribution in [0.25, 0.3) is 0 Å². The first-order valence-corrected chi connectivity index (χ1v) is 6.53. The molecule has 1 saturated heterocycles. The zero-order valence-corrected chi connectivity index (χ0v) is 11.9. The quantitative estimate of drug-likeness (QED) is 0.587. The summed E-state index contributed by atoms with van der Waals surface area (Å²) in [5.41, 5.74) is -0.0987. The number of likely N-dealkylation sites (N-methyl/N-ethyl adjacent to an activating group) is 1. The van der Waals surface area contributed by atoms with Crippen molar-refractivity contribution in [3.63, 3.8) is 0 Å². The molecule has 0 aliphatic carbocycles. The molecule has 1 aliphatic rings. The van der Waals surface area contributed by atoms with Crippen molar-refractivity contribution >= 4 is 11.6 Å². The van der Waals surface area contributed by atoms with Crippen LogP contribution < -0.4 is 0 Å². The zero-order chi connectivity index (χ0) is 14.9. The van der Waals surface area contributed by atoms with Crippen LogP contribution in [0, 0.1) is 10.1 Å². The maximum Gasteiger partial charge on any atom is 0.307 e. The van der Waals surface area contributed by atoms with Crippen LogP contribution in [0.3, 0.4) is 0 Å². The molecule has 0 aromatic carbocycles. The molecule has 110 valence electrons. The fraction of sp³-hybridized carbons (Fsp3) is 0.667. The third kappa shape index (κ3) is 2.79. The van der Waals surface area contributed by atoms with E-state index in [1.807, 2.05) is 25.9 Å². The fourth-order valence-corrected chi connectivity index (χ4v) is 2.73. The molecule has 1 fully saturated rings. The van der Waals surface area contributed by atoms with Gasteiger partial charge in [0.05, 0.1) is 4.92 Å². The first-order valence-electron chi connectivity index (χ1n) is 6.53. The zero-order valence-electron chi connectivity index (χ0n) is 11.9. The highest BCUT2D eigenvalue weighted by atomic mass is 16.6. The van der Waals surface area contributed by atoms with Crippen LogP contribution in [0.15, 0.2) is 12.4 Å². The summed E-state index contributed by atoms with van der Waals surface area (Å²) in [4.78, 5) is 26.2. The third-order valence-electron chi connectivity index (χ3n) is 3.83. The van der Waals surface area contributed by atoms with E-state index in [-0.39, 0.29) is 24.2 Å². The summed E-state index contributed by atoms with van der Waals surface area (Å²) in [5, 5.41) is 14.4. The Morgan fingerprint density at radius 1 is 1.60 bits per heavy atom. The predicted octanol–water partition coefficient (Wildman–Crippen LogP) is 0.342. The number of hydrogen-bond donors (Lipinski definition) is 0. The Balaban J connectivity index is 2.00. The van der Waals surface area contributed by atoms with Gasteiger partial charge in [-0.25, -0.2) is 0 Å². The highest BCUT2D eigenvalue weighted by Crippen LogP contribution is 2.21. The molecule has 0 spiro atoms. The van der Waals surface area contributed by atoms with Gasteiger partial charge in [0.1, 0.15) is 18.9 Å². The largest absolute Gasteiger partial charge is 0.337 e. The van der Waals surface area contributed by atoms with Crippen molar-refractivity contribution in [3.8, 4) is 0 Å². The molecule has 8 heteroatoms. The Bertz CT molecular complexity index is 513. The van der Waals surface area contributed by atoms with Gasteiger partial charge >= 0.3 is 5.69 Å². The number of likely N-dealkylation sites (tertiary alicyclic amines) is 1. The lowest BCUT2D eigenvalue weighted by atomic mass is 10.1. The molecule has 1 amide bonds. The first-order chi connectivity index (χ1) is 9.40. The van der Waals surface area contributed by atoms with Crippen LogP contribution >= 0.6 is 0 Å². The van der Waals surface area contributed by atoms with Crippen molar-refractivity contribution in [1.29, 1.82) is 0 Å². The monoisotopic (exact) mass is 281 g/mol. The molecule has 1 aliphatic heterocycles. The average molecular weight is 281 g/mol. The summed E-state index contributed by atoms with van der Waals surface area (Å²) in [6.45, 7) is 2.78. The lowest BCUT2D eigenvalue weighted by Gasteiger charge is -2.28. The molecule has 20 heavy (non-hydrogen) atoms. The smallest absolute Gasteiger partial charge is 0.307 e. The molecule has 1 aromatic rings. The van der Waals surface area contributed by atoms with Gasteiger partial charge in [-0.3, -0.25) is 19.6 Å². The topological polar surface area (TPSA) is 84.5 Å². The summed E-state index contributed by atoms with van der Waals surface area (Å²) in [6.07, 6.45) is 3.38. The van der Waals surface area contributed by atoms with Gasteiger partial charge in [0.2, 0.25) is 5.91 Å². The van der Waals surface area contributed by atoms with Gasteiger partial charge in [0, 0.05) is 18.6 Å². The number of nitro groups is 1. The van der Waals surface area contributed by atoms with Crippen molar-refractivity contribution in [3.05, 3.63) is 22.5 Å². The Hall–Kier alpha value is -1.96. The van der Waals surface area contributed by atoms with Crippen LogP contribution in [0.5, 0.6) is 0 Å². The Morgan fingerprint density at radius 3 is 2.80 bits per heavy atom. The molecule has 2 atom stereocenters. The number of rotatable bonds is 4. The molecule has 8 nitrogen and oxygen atoms in total. The molecule has 2 heterocycles. The van der Waals surface area contributed by atoms with Gasteiger partial charge < -0.3 is 9.80 Å². The summed E-state index contributed by atoms with van der Waals surface area (Å²) in [7, 11) is 4.01. The highest BCUT2D eigenvalue weighted by Gasteiger charge is 2.34. The summed E-state index contributed by atoms with van der Waals surface area (Å²) in [6, 6.07) is 0.494. The minimum Gasteiger partial charge on any atom is -0.337 e. The molecule has 0 bridgehead atoms. The van der Waals surface area contributed by atoms with Crippen molar-refractivity contribution in [2.75, 3.05) is 20.6 Å². The number of hydrogen-bond acceptors (Lipinski definition) is 5. The lowest BCUT2D eigenvalue weighted by molar-refractivity contribution is -0.385. The van der Waals surface area contributed by atoms with Gasteiger partial charge in [-0.1, -0.05) is 0 Å². The highest BCUT2D eigenvalue weighted by molar-refractivity contribution is 5.76. The summed E-state index contributed by atoms with van der Waals surface area (Å²) >= 11 is 0. The first kappa shape index (κ1) is 14.4. The van der Waals surface area contributed by atoms with E-state index in [1.54, 1.807) is 0 Å². The second-order valence-electron chi connectivity index (χ2n) is 5.30. The average Bonchev–Trinajstić information content (AvgIpc) is 2.95.